The van der Waals surface area contributed by atoms with Crippen molar-refractivity contribution in [2.24, 2.45) is 0 Å². The lowest BCUT2D eigenvalue weighted by Crippen LogP contribution is -2.49. The van der Waals surface area contributed by atoms with Gasteiger partial charge in [0.2, 0.25) is 5.91 Å². The maximum atomic E-state index is 13.4. The number of thiazole rings is 1. The van der Waals surface area contributed by atoms with Crippen LogP contribution in [-0.2, 0) is 16.1 Å². The summed E-state index contributed by atoms with van der Waals surface area (Å²) in [5.41, 5.74) is 2.91. The van der Waals surface area contributed by atoms with E-state index in [1.807, 2.05) is 4.90 Å². The third-order valence-corrected chi connectivity index (χ3v) is 5.92. The predicted molar refractivity (Wildman–Crippen MR) is 107 cm³/mol. The Hall–Kier alpha value is -2.29. The van der Waals surface area contributed by atoms with Crippen molar-refractivity contribution in [1.29, 1.82) is 0 Å². The van der Waals surface area contributed by atoms with Crippen LogP contribution < -0.4 is 0 Å². The van der Waals surface area contributed by atoms with Gasteiger partial charge in [0, 0.05) is 56.5 Å². The van der Waals surface area contributed by atoms with Crippen LogP contribution in [-0.4, -0.2) is 65.0 Å². The first kappa shape index (κ1) is 19.0. The average molecular weight is 402 g/mol. The molecular formula is C20H23FN4O2S. The molecule has 4 rings (SSSR count). The Labute approximate surface area is 167 Å². The van der Waals surface area contributed by atoms with Crippen LogP contribution in [0.2, 0.25) is 0 Å². The molecule has 1 aromatic carbocycles. The number of carbonyl (C=O) groups excluding carboxylic acids is 1. The third kappa shape index (κ3) is 3.80. The zero-order valence-electron chi connectivity index (χ0n) is 16.0. The summed E-state index contributed by atoms with van der Waals surface area (Å²) in [5.74, 6) is -0.214. The topological polar surface area (TPSA) is 50.1 Å². The summed E-state index contributed by atoms with van der Waals surface area (Å²) in [5, 5.41) is 0. The fourth-order valence-electron chi connectivity index (χ4n) is 3.57. The lowest BCUT2D eigenvalue weighted by atomic mass is 10.1. The van der Waals surface area contributed by atoms with Crippen LogP contribution >= 0.6 is 11.3 Å². The maximum Gasteiger partial charge on any atom is 0.248 e. The summed E-state index contributed by atoms with van der Waals surface area (Å²) in [6.45, 7) is 5.92. The number of rotatable bonds is 5. The van der Waals surface area contributed by atoms with Gasteiger partial charge in [0.05, 0.1) is 11.4 Å². The summed E-state index contributed by atoms with van der Waals surface area (Å²) >= 11 is 1.65. The molecule has 0 radical (unpaired) electrons. The molecule has 0 N–H and O–H groups in total. The Bertz CT molecular complexity index is 974. The molecule has 0 aliphatic carbocycles. The molecule has 2 aromatic heterocycles. The average Bonchev–Trinajstić information content (AvgIpc) is 3.20. The van der Waals surface area contributed by atoms with Crippen molar-refractivity contribution in [3.8, 4) is 11.3 Å². The smallest absolute Gasteiger partial charge is 0.248 e. The van der Waals surface area contributed by atoms with Gasteiger partial charge >= 0.3 is 0 Å². The summed E-state index contributed by atoms with van der Waals surface area (Å²) in [6.07, 6.45) is 2.10. The molecule has 1 saturated heterocycles. The molecule has 1 aliphatic heterocycles. The van der Waals surface area contributed by atoms with Crippen molar-refractivity contribution in [3.63, 3.8) is 0 Å². The van der Waals surface area contributed by atoms with E-state index in [0.717, 1.165) is 41.5 Å². The molecule has 8 heteroatoms. The number of imidazole rings is 1. The van der Waals surface area contributed by atoms with Gasteiger partial charge in [-0.15, -0.1) is 11.3 Å². The summed E-state index contributed by atoms with van der Waals surface area (Å²) in [7, 11) is 1.54. The minimum atomic E-state index is -0.251. The van der Waals surface area contributed by atoms with E-state index in [-0.39, 0.29) is 18.3 Å². The van der Waals surface area contributed by atoms with Crippen LogP contribution in [0, 0.1) is 12.7 Å². The third-order valence-electron chi connectivity index (χ3n) is 5.02. The lowest BCUT2D eigenvalue weighted by molar-refractivity contribution is -0.136. The minimum absolute atomic E-state index is 0.0364. The van der Waals surface area contributed by atoms with Crippen molar-refractivity contribution in [2.75, 3.05) is 39.9 Å². The van der Waals surface area contributed by atoms with Gasteiger partial charge in [0.1, 0.15) is 12.4 Å². The highest BCUT2D eigenvalue weighted by Crippen LogP contribution is 2.29. The number of carbonyl (C=O) groups is 1. The van der Waals surface area contributed by atoms with Gasteiger partial charge < -0.3 is 9.64 Å². The fourth-order valence-corrected chi connectivity index (χ4v) is 4.42. The van der Waals surface area contributed by atoms with E-state index in [1.54, 1.807) is 30.6 Å². The van der Waals surface area contributed by atoms with Gasteiger partial charge in [-0.25, -0.2) is 9.37 Å². The number of fused-ring (bicyclic) bond motifs is 1. The van der Waals surface area contributed by atoms with E-state index < -0.39 is 0 Å². The first-order valence-corrected chi connectivity index (χ1v) is 10.1. The highest BCUT2D eigenvalue weighted by molar-refractivity contribution is 7.17. The van der Waals surface area contributed by atoms with Crippen molar-refractivity contribution in [2.45, 2.75) is 13.5 Å². The molecule has 0 bridgehead atoms. The first-order valence-electron chi connectivity index (χ1n) is 9.27. The molecule has 28 heavy (non-hydrogen) atoms. The highest BCUT2D eigenvalue weighted by atomic mass is 32.1. The predicted octanol–water partition coefficient (Wildman–Crippen LogP) is 2.80. The molecule has 3 heterocycles. The fraction of sp³-hybridized carbons (Fsp3) is 0.400. The van der Waals surface area contributed by atoms with Crippen LogP contribution in [0.4, 0.5) is 4.39 Å². The number of ether oxygens (including phenoxy) is 1. The zero-order valence-corrected chi connectivity index (χ0v) is 16.8. The van der Waals surface area contributed by atoms with Crippen LogP contribution in [0.3, 0.4) is 0 Å². The number of halogens is 1. The Kier molecular flexibility index (Phi) is 5.43. The van der Waals surface area contributed by atoms with E-state index in [1.165, 1.54) is 17.0 Å². The number of hydrogen-bond acceptors (Lipinski definition) is 5. The van der Waals surface area contributed by atoms with E-state index in [0.29, 0.717) is 13.1 Å². The summed E-state index contributed by atoms with van der Waals surface area (Å²) in [4.78, 5) is 23.1. The van der Waals surface area contributed by atoms with Crippen LogP contribution in [0.15, 0.2) is 30.5 Å². The molecule has 0 saturated carbocycles. The second kappa shape index (κ2) is 7.98. The molecule has 1 amide bonds. The Morgan fingerprint density at radius 2 is 1.93 bits per heavy atom. The Morgan fingerprint density at radius 1 is 1.21 bits per heavy atom. The standard InChI is InChI=1S/C20H23FN4O2S/c1-14-11-25-17(12-23-7-9-24(10-8-23)18(26)13-27-2)19(22-20(25)28-14)15-3-5-16(21)6-4-15/h3-6,11H,7-10,12-13H2,1-2H3. The first-order chi connectivity index (χ1) is 13.5. The molecular weight excluding hydrogens is 379 g/mol. The second-order valence-electron chi connectivity index (χ2n) is 7.00. The number of nitrogens with zero attached hydrogens (tertiary/aromatic N) is 4. The van der Waals surface area contributed by atoms with Crippen molar-refractivity contribution >= 4 is 22.2 Å². The number of benzene rings is 1. The molecule has 0 spiro atoms. The normalized spacial score (nSPS) is 15.5. The summed E-state index contributed by atoms with van der Waals surface area (Å²) < 4.78 is 20.4. The second-order valence-corrected chi connectivity index (χ2v) is 8.21. The highest BCUT2D eigenvalue weighted by Gasteiger charge is 2.24. The molecule has 148 valence electrons. The summed E-state index contributed by atoms with van der Waals surface area (Å²) in [6, 6.07) is 6.49. The number of amides is 1. The Balaban J connectivity index is 1.57. The van der Waals surface area contributed by atoms with Gasteiger partial charge in [-0.1, -0.05) is 0 Å². The van der Waals surface area contributed by atoms with Crippen molar-refractivity contribution < 1.29 is 13.9 Å². The molecule has 0 unspecified atom stereocenters. The SMILES string of the molecule is COCC(=O)N1CCN(Cc2c(-c3ccc(F)cc3)nc3sc(C)cn23)CC1. The lowest BCUT2D eigenvalue weighted by Gasteiger charge is -2.34. The van der Waals surface area contributed by atoms with Crippen molar-refractivity contribution in [1.82, 2.24) is 19.2 Å². The minimum Gasteiger partial charge on any atom is -0.375 e. The number of piperazine rings is 1. The van der Waals surface area contributed by atoms with Gasteiger partial charge in [-0.05, 0) is 31.2 Å². The molecule has 6 nitrogen and oxygen atoms in total. The molecule has 0 atom stereocenters. The van der Waals surface area contributed by atoms with E-state index >= 15 is 0 Å². The monoisotopic (exact) mass is 402 g/mol. The maximum absolute atomic E-state index is 13.4. The number of aromatic nitrogens is 2. The molecule has 1 aliphatic rings. The largest absolute Gasteiger partial charge is 0.375 e. The number of hydrogen-bond donors (Lipinski definition) is 0. The van der Waals surface area contributed by atoms with Gasteiger partial charge in [0.25, 0.3) is 0 Å². The zero-order chi connectivity index (χ0) is 19.7. The Morgan fingerprint density at radius 3 is 2.61 bits per heavy atom. The van der Waals surface area contributed by atoms with Gasteiger partial charge in [-0.3, -0.25) is 14.1 Å². The van der Waals surface area contributed by atoms with Crippen LogP contribution in [0.5, 0.6) is 0 Å². The van der Waals surface area contributed by atoms with E-state index in [4.69, 9.17) is 9.72 Å². The van der Waals surface area contributed by atoms with Crippen molar-refractivity contribution in [3.05, 3.63) is 46.9 Å². The number of aryl methyl sites for hydroxylation is 1. The van der Waals surface area contributed by atoms with E-state index in [2.05, 4.69) is 22.4 Å². The molecule has 1 fully saturated rings. The molecule has 3 aromatic rings. The quantitative estimate of drug-likeness (QED) is 0.659. The van der Waals surface area contributed by atoms with Gasteiger partial charge in [-0.2, -0.15) is 0 Å². The van der Waals surface area contributed by atoms with E-state index in [9.17, 15) is 9.18 Å². The van der Waals surface area contributed by atoms with Crippen LogP contribution in [0.25, 0.3) is 16.2 Å². The number of methoxy groups -OCH3 is 1. The van der Waals surface area contributed by atoms with Gasteiger partial charge in [0.15, 0.2) is 4.96 Å². The van der Waals surface area contributed by atoms with Crippen LogP contribution in [0.1, 0.15) is 10.6 Å².